The zero-order valence-electron chi connectivity index (χ0n) is 12.1. The number of furan rings is 1. The number of rotatable bonds is 4. The van der Waals surface area contributed by atoms with E-state index in [0.717, 1.165) is 5.56 Å². The van der Waals surface area contributed by atoms with Gasteiger partial charge in [0.25, 0.3) is 0 Å². The quantitative estimate of drug-likeness (QED) is 0.847. The number of benzene rings is 1. The topological polar surface area (TPSA) is 80.6 Å². The fourth-order valence-corrected chi connectivity index (χ4v) is 1.92. The van der Waals surface area contributed by atoms with E-state index in [2.05, 4.69) is 10.6 Å². The van der Waals surface area contributed by atoms with Crippen molar-refractivity contribution in [3.8, 4) is 5.75 Å². The van der Waals surface area contributed by atoms with Crippen molar-refractivity contribution < 1.29 is 18.7 Å². The Morgan fingerprint density at radius 2 is 2.09 bits per heavy atom. The van der Waals surface area contributed by atoms with Crippen LogP contribution in [-0.4, -0.2) is 18.9 Å². The lowest BCUT2D eigenvalue weighted by Crippen LogP contribution is -2.35. The molecule has 116 valence electrons. The first kappa shape index (κ1) is 15.9. The highest BCUT2D eigenvalue weighted by Gasteiger charge is 2.17. The van der Waals surface area contributed by atoms with Crippen LogP contribution in [-0.2, 0) is 16.1 Å². The Balaban J connectivity index is 2.02. The highest BCUT2D eigenvalue weighted by atomic mass is 35.5. The molecule has 7 heteroatoms. The van der Waals surface area contributed by atoms with Gasteiger partial charge in [-0.1, -0.05) is 11.6 Å². The molecule has 22 heavy (non-hydrogen) atoms. The van der Waals surface area contributed by atoms with Crippen molar-refractivity contribution in [3.05, 3.63) is 46.9 Å². The predicted molar refractivity (Wildman–Crippen MR) is 81.9 cm³/mol. The lowest BCUT2D eigenvalue weighted by molar-refractivity contribution is -0.136. The number of aryl methyl sites for hydroxylation is 1. The average molecular weight is 323 g/mol. The molecule has 0 saturated carbocycles. The Hall–Kier alpha value is -2.47. The minimum Gasteiger partial charge on any atom is -0.495 e. The van der Waals surface area contributed by atoms with Crippen LogP contribution in [0.1, 0.15) is 11.3 Å². The van der Waals surface area contributed by atoms with Crippen molar-refractivity contribution in [2.24, 2.45) is 0 Å². The Kier molecular flexibility index (Phi) is 5.06. The maximum atomic E-state index is 11.9. The Bertz CT molecular complexity index is 683. The minimum atomic E-state index is -0.799. The molecule has 1 aromatic heterocycles. The number of nitrogens with one attached hydrogen (secondary N) is 2. The second kappa shape index (κ2) is 7.00. The van der Waals surface area contributed by atoms with Gasteiger partial charge < -0.3 is 19.8 Å². The fourth-order valence-electron chi connectivity index (χ4n) is 1.77. The summed E-state index contributed by atoms with van der Waals surface area (Å²) in [7, 11) is 1.45. The average Bonchev–Trinajstić information content (AvgIpc) is 3.01. The van der Waals surface area contributed by atoms with Gasteiger partial charge in [0, 0.05) is 11.1 Å². The van der Waals surface area contributed by atoms with E-state index < -0.39 is 11.8 Å². The van der Waals surface area contributed by atoms with Crippen molar-refractivity contribution >= 4 is 29.1 Å². The normalized spacial score (nSPS) is 10.1. The molecule has 2 amide bonds. The molecule has 0 aliphatic heterocycles. The lowest BCUT2D eigenvalue weighted by atomic mass is 10.2. The van der Waals surface area contributed by atoms with E-state index in [0.29, 0.717) is 22.2 Å². The molecule has 0 fully saturated rings. The molecule has 1 heterocycles. The number of hydrogen-bond donors (Lipinski definition) is 2. The molecule has 0 unspecified atom stereocenters. The fraction of sp³-hybridized carbons (Fsp3) is 0.200. The van der Waals surface area contributed by atoms with E-state index in [1.54, 1.807) is 31.2 Å². The molecular formula is C15H15ClN2O4. The summed E-state index contributed by atoms with van der Waals surface area (Å²) in [5.74, 6) is -0.638. The largest absolute Gasteiger partial charge is 0.495 e. The van der Waals surface area contributed by atoms with E-state index in [4.69, 9.17) is 20.8 Å². The maximum absolute atomic E-state index is 11.9. The molecule has 1 aromatic carbocycles. The van der Waals surface area contributed by atoms with Crippen LogP contribution in [0.25, 0.3) is 0 Å². The summed E-state index contributed by atoms with van der Waals surface area (Å²) in [5.41, 5.74) is 1.14. The summed E-state index contributed by atoms with van der Waals surface area (Å²) >= 11 is 5.99. The maximum Gasteiger partial charge on any atom is 0.313 e. The monoisotopic (exact) mass is 322 g/mol. The zero-order valence-corrected chi connectivity index (χ0v) is 12.9. The lowest BCUT2D eigenvalue weighted by Gasteiger charge is -2.12. The van der Waals surface area contributed by atoms with Crippen LogP contribution in [0, 0.1) is 6.92 Å². The van der Waals surface area contributed by atoms with Gasteiger partial charge in [-0.2, -0.15) is 0 Å². The van der Waals surface area contributed by atoms with Gasteiger partial charge in [0.15, 0.2) is 0 Å². The predicted octanol–water partition coefficient (Wildman–Crippen LogP) is 2.50. The van der Waals surface area contributed by atoms with Gasteiger partial charge in [-0.15, -0.1) is 0 Å². The van der Waals surface area contributed by atoms with Crippen molar-refractivity contribution in [2.75, 3.05) is 12.4 Å². The number of anilines is 1. The third kappa shape index (κ3) is 3.79. The number of amides is 2. The summed E-state index contributed by atoms with van der Waals surface area (Å²) in [6.45, 7) is 1.92. The minimum absolute atomic E-state index is 0.135. The van der Waals surface area contributed by atoms with E-state index in [1.807, 2.05) is 0 Å². The van der Waals surface area contributed by atoms with Crippen molar-refractivity contribution in [1.82, 2.24) is 5.32 Å². The number of carbonyl (C=O) groups excluding carboxylic acids is 2. The summed E-state index contributed by atoms with van der Waals surface area (Å²) in [6, 6.07) is 6.61. The number of hydrogen-bond acceptors (Lipinski definition) is 4. The second-order valence-electron chi connectivity index (χ2n) is 4.52. The van der Waals surface area contributed by atoms with Crippen molar-refractivity contribution in [1.29, 1.82) is 0 Å². The van der Waals surface area contributed by atoms with Crippen LogP contribution in [0.5, 0.6) is 5.75 Å². The molecular weight excluding hydrogens is 308 g/mol. The van der Waals surface area contributed by atoms with Crippen molar-refractivity contribution in [3.63, 3.8) is 0 Å². The molecule has 6 nitrogen and oxygen atoms in total. The summed E-state index contributed by atoms with van der Waals surface area (Å²) in [5, 5.41) is 5.46. The third-order valence-corrected chi connectivity index (χ3v) is 3.35. The van der Waals surface area contributed by atoms with Crippen LogP contribution in [0.15, 0.2) is 34.9 Å². The van der Waals surface area contributed by atoms with Gasteiger partial charge in [-0.05, 0) is 30.7 Å². The first-order chi connectivity index (χ1) is 10.5. The molecule has 0 aliphatic carbocycles. The zero-order chi connectivity index (χ0) is 16.1. The van der Waals surface area contributed by atoms with Gasteiger partial charge in [0.05, 0.1) is 25.6 Å². The van der Waals surface area contributed by atoms with Gasteiger partial charge in [-0.3, -0.25) is 9.59 Å². The Labute approximate surface area is 132 Å². The molecule has 2 aromatic rings. The highest BCUT2D eigenvalue weighted by molar-refractivity contribution is 6.39. The molecule has 0 aliphatic rings. The smallest absolute Gasteiger partial charge is 0.313 e. The van der Waals surface area contributed by atoms with Crippen molar-refractivity contribution in [2.45, 2.75) is 13.5 Å². The molecule has 2 N–H and O–H groups in total. The molecule has 2 rings (SSSR count). The summed E-state index contributed by atoms with van der Waals surface area (Å²) in [6.07, 6.45) is 1.49. The molecule has 0 spiro atoms. The molecule has 0 bridgehead atoms. The van der Waals surface area contributed by atoms with Crippen LogP contribution in [0.4, 0.5) is 5.69 Å². The first-order valence-electron chi connectivity index (χ1n) is 6.47. The number of ether oxygens (including phenoxy) is 1. The van der Waals surface area contributed by atoms with Gasteiger partial charge >= 0.3 is 11.8 Å². The van der Waals surface area contributed by atoms with Crippen LogP contribution >= 0.6 is 11.6 Å². The highest BCUT2D eigenvalue weighted by Crippen LogP contribution is 2.30. The van der Waals surface area contributed by atoms with E-state index in [-0.39, 0.29) is 6.54 Å². The standard InChI is InChI=1S/C15H15ClN2O4/c1-9-6-12(13(21-2)7-11(9)16)18-15(20)14(19)17-8-10-4-3-5-22-10/h3-7H,8H2,1-2H3,(H,17,19)(H,18,20). The number of methoxy groups -OCH3 is 1. The van der Waals surface area contributed by atoms with Crippen LogP contribution in [0.2, 0.25) is 5.02 Å². The van der Waals surface area contributed by atoms with E-state index in [9.17, 15) is 9.59 Å². The Morgan fingerprint density at radius 3 is 2.73 bits per heavy atom. The van der Waals surface area contributed by atoms with Gasteiger partial charge in [0.1, 0.15) is 11.5 Å². The second-order valence-corrected chi connectivity index (χ2v) is 4.93. The summed E-state index contributed by atoms with van der Waals surface area (Å²) < 4.78 is 10.2. The third-order valence-electron chi connectivity index (χ3n) is 2.94. The molecule has 0 radical (unpaired) electrons. The van der Waals surface area contributed by atoms with Crippen LogP contribution < -0.4 is 15.4 Å². The van der Waals surface area contributed by atoms with E-state index >= 15 is 0 Å². The van der Waals surface area contributed by atoms with Gasteiger partial charge in [0.2, 0.25) is 0 Å². The summed E-state index contributed by atoms with van der Waals surface area (Å²) in [4.78, 5) is 23.7. The first-order valence-corrected chi connectivity index (χ1v) is 6.84. The molecule has 0 saturated heterocycles. The number of halogens is 1. The van der Waals surface area contributed by atoms with E-state index in [1.165, 1.54) is 13.4 Å². The van der Waals surface area contributed by atoms with Gasteiger partial charge in [-0.25, -0.2) is 0 Å². The Morgan fingerprint density at radius 1 is 1.32 bits per heavy atom. The SMILES string of the molecule is COc1cc(Cl)c(C)cc1NC(=O)C(=O)NCc1ccco1. The van der Waals surface area contributed by atoms with Crippen LogP contribution in [0.3, 0.4) is 0 Å². The number of carbonyl (C=O) groups is 2. The molecule has 0 atom stereocenters.